The lowest BCUT2D eigenvalue weighted by Gasteiger charge is -2.32. The number of benzene rings is 2. The number of anilines is 1. The summed E-state index contributed by atoms with van der Waals surface area (Å²) in [6.45, 7) is 5.45. The number of likely N-dealkylation sites (N-methyl/N-ethyl adjacent to an activating group) is 1. The molecule has 0 aliphatic carbocycles. The lowest BCUT2D eigenvalue weighted by Crippen LogP contribution is -2.43. The summed E-state index contributed by atoms with van der Waals surface area (Å²) in [7, 11) is 2.17. The maximum atomic E-state index is 12.3. The third-order valence-corrected chi connectivity index (χ3v) is 6.19. The molecule has 6 nitrogen and oxygen atoms in total. The first-order chi connectivity index (χ1) is 14.5. The highest BCUT2D eigenvalue weighted by atomic mass is 32.1. The fourth-order valence-electron chi connectivity index (χ4n) is 3.45. The molecule has 1 fully saturated rings. The van der Waals surface area contributed by atoms with Crippen molar-refractivity contribution < 1.29 is 9.90 Å². The number of phenols is 1. The van der Waals surface area contributed by atoms with Crippen LogP contribution >= 0.6 is 11.3 Å². The molecule has 30 heavy (non-hydrogen) atoms. The van der Waals surface area contributed by atoms with Crippen LogP contribution in [-0.2, 0) is 17.8 Å². The summed E-state index contributed by atoms with van der Waals surface area (Å²) in [5.41, 5.74) is 3.80. The number of nitrogens with zero attached hydrogens (tertiary/aromatic N) is 3. The molecule has 4 rings (SSSR count). The molecule has 0 bridgehead atoms. The van der Waals surface area contributed by atoms with Crippen LogP contribution in [0.1, 0.15) is 11.3 Å². The Morgan fingerprint density at radius 1 is 1.07 bits per heavy atom. The predicted octanol–water partition coefficient (Wildman–Crippen LogP) is 3.44. The average molecular weight is 423 g/mol. The molecular formula is C23H26N4O2S. The van der Waals surface area contributed by atoms with Crippen molar-refractivity contribution >= 4 is 22.9 Å². The van der Waals surface area contributed by atoms with Gasteiger partial charge in [0, 0.05) is 49.4 Å². The van der Waals surface area contributed by atoms with Crippen molar-refractivity contribution in [1.82, 2.24) is 14.8 Å². The van der Waals surface area contributed by atoms with E-state index in [9.17, 15) is 9.90 Å². The SMILES string of the molecule is CN1CCN(Cc2ccc(-c3nc(CC(=O)Nc4ccc(O)cc4)cs3)cc2)CC1. The fraction of sp³-hybridized carbons (Fsp3) is 0.304. The van der Waals surface area contributed by atoms with E-state index in [0.717, 1.165) is 49.0 Å². The van der Waals surface area contributed by atoms with Crippen molar-refractivity contribution in [3.8, 4) is 16.3 Å². The van der Waals surface area contributed by atoms with Crippen LogP contribution in [0, 0.1) is 0 Å². The average Bonchev–Trinajstić information content (AvgIpc) is 3.20. The van der Waals surface area contributed by atoms with Crippen molar-refractivity contribution in [3.05, 3.63) is 65.2 Å². The van der Waals surface area contributed by atoms with Gasteiger partial charge in [0.15, 0.2) is 0 Å². The second kappa shape index (κ2) is 9.38. The van der Waals surface area contributed by atoms with Gasteiger partial charge in [-0.2, -0.15) is 0 Å². The molecule has 1 amide bonds. The van der Waals surface area contributed by atoms with Crippen molar-refractivity contribution in [1.29, 1.82) is 0 Å². The highest BCUT2D eigenvalue weighted by molar-refractivity contribution is 7.13. The van der Waals surface area contributed by atoms with Crippen molar-refractivity contribution in [2.75, 3.05) is 38.5 Å². The van der Waals surface area contributed by atoms with Crippen LogP contribution in [0.3, 0.4) is 0 Å². The van der Waals surface area contributed by atoms with Crippen LogP contribution in [0.15, 0.2) is 53.9 Å². The molecule has 156 valence electrons. The molecule has 1 aliphatic rings. The summed E-state index contributed by atoms with van der Waals surface area (Å²) in [6, 6.07) is 15.0. The van der Waals surface area contributed by atoms with Crippen LogP contribution in [0.25, 0.3) is 10.6 Å². The Morgan fingerprint density at radius 3 is 2.47 bits per heavy atom. The minimum Gasteiger partial charge on any atom is -0.508 e. The van der Waals surface area contributed by atoms with Crippen molar-refractivity contribution in [2.24, 2.45) is 0 Å². The highest BCUT2D eigenvalue weighted by Gasteiger charge is 2.14. The summed E-state index contributed by atoms with van der Waals surface area (Å²) in [5.74, 6) is 0.0479. The molecule has 0 radical (unpaired) electrons. The van der Waals surface area contributed by atoms with Crippen LogP contribution in [0.5, 0.6) is 5.75 Å². The number of nitrogens with one attached hydrogen (secondary N) is 1. The second-order valence-electron chi connectivity index (χ2n) is 7.69. The van der Waals surface area contributed by atoms with Gasteiger partial charge in [-0.15, -0.1) is 11.3 Å². The molecule has 3 aromatic rings. The first kappa shape index (κ1) is 20.5. The number of phenolic OH excluding ortho intramolecular Hbond substituents is 1. The summed E-state index contributed by atoms with van der Waals surface area (Å²) in [4.78, 5) is 21.7. The zero-order valence-electron chi connectivity index (χ0n) is 17.0. The monoisotopic (exact) mass is 422 g/mol. The van der Waals surface area contributed by atoms with Gasteiger partial charge in [0.1, 0.15) is 10.8 Å². The van der Waals surface area contributed by atoms with Gasteiger partial charge in [-0.3, -0.25) is 9.69 Å². The minimum atomic E-state index is -0.125. The second-order valence-corrected chi connectivity index (χ2v) is 8.55. The lowest BCUT2D eigenvalue weighted by atomic mass is 10.1. The molecule has 0 spiro atoms. The number of rotatable bonds is 6. The molecule has 7 heteroatoms. The third kappa shape index (κ3) is 5.44. The fourth-order valence-corrected chi connectivity index (χ4v) is 4.28. The van der Waals surface area contributed by atoms with Gasteiger partial charge in [-0.25, -0.2) is 4.98 Å². The zero-order valence-corrected chi connectivity index (χ0v) is 17.9. The zero-order chi connectivity index (χ0) is 20.9. The smallest absolute Gasteiger partial charge is 0.230 e. The standard InChI is InChI=1S/C23H26N4O2S/c1-26-10-12-27(13-11-26)15-17-2-4-18(5-3-17)23-25-20(16-30-23)14-22(29)24-19-6-8-21(28)9-7-19/h2-9,16,28H,10-15H2,1H3,(H,24,29). The van der Waals surface area contributed by atoms with Crippen molar-refractivity contribution in [2.45, 2.75) is 13.0 Å². The summed E-state index contributed by atoms with van der Waals surface area (Å²) < 4.78 is 0. The van der Waals surface area contributed by atoms with Gasteiger partial charge in [0.2, 0.25) is 5.91 Å². The number of aromatic hydroxyl groups is 1. The van der Waals surface area contributed by atoms with Crippen LogP contribution in [-0.4, -0.2) is 59.0 Å². The largest absolute Gasteiger partial charge is 0.508 e. The van der Waals surface area contributed by atoms with E-state index in [-0.39, 0.29) is 18.1 Å². The quantitative estimate of drug-likeness (QED) is 0.596. The van der Waals surface area contributed by atoms with E-state index in [2.05, 4.69) is 51.4 Å². The number of piperazine rings is 1. The third-order valence-electron chi connectivity index (χ3n) is 5.25. The predicted molar refractivity (Wildman–Crippen MR) is 121 cm³/mol. The normalized spacial score (nSPS) is 15.2. The summed E-state index contributed by atoms with van der Waals surface area (Å²) in [6.07, 6.45) is 0.221. The number of hydrogen-bond acceptors (Lipinski definition) is 6. The van der Waals surface area contributed by atoms with Crippen LogP contribution in [0.4, 0.5) is 5.69 Å². The van der Waals surface area contributed by atoms with Crippen LogP contribution < -0.4 is 5.32 Å². The number of carbonyl (C=O) groups is 1. The Kier molecular flexibility index (Phi) is 6.42. The van der Waals surface area contributed by atoms with Gasteiger partial charge in [-0.1, -0.05) is 24.3 Å². The first-order valence-corrected chi connectivity index (χ1v) is 11.0. The Balaban J connectivity index is 1.33. The van der Waals surface area contributed by atoms with Crippen molar-refractivity contribution in [3.63, 3.8) is 0 Å². The number of hydrogen-bond donors (Lipinski definition) is 2. The van der Waals surface area contributed by atoms with Gasteiger partial charge in [-0.05, 0) is 36.9 Å². The van der Waals surface area contributed by atoms with E-state index in [1.807, 2.05) is 5.38 Å². The van der Waals surface area contributed by atoms with Gasteiger partial charge < -0.3 is 15.3 Å². The van der Waals surface area contributed by atoms with Crippen LogP contribution in [0.2, 0.25) is 0 Å². The highest BCUT2D eigenvalue weighted by Crippen LogP contribution is 2.25. The Hall–Kier alpha value is -2.74. The van der Waals surface area contributed by atoms with Gasteiger partial charge in [0.25, 0.3) is 0 Å². The molecule has 2 N–H and O–H groups in total. The van der Waals surface area contributed by atoms with E-state index < -0.39 is 0 Å². The van der Waals surface area contributed by atoms with E-state index in [1.165, 1.54) is 5.56 Å². The molecule has 1 aliphatic heterocycles. The van der Waals surface area contributed by atoms with Gasteiger partial charge in [0.05, 0.1) is 12.1 Å². The molecule has 0 unspecified atom stereocenters. The molecule has 0 atom stereocenters. The maximum absolute atomic E-state index is 12.3. The van der Waals surface area contributed by atoms with E-state index in [0.29, 0.717) is 5.69 Å². The number of amides is 1. The first-order valence-electron chi connectivity index (χ1n) is 10.1. The number of carbonyl (C=O) groups excluding carboxylic acids is 1. The Labute approximate surface area is 180 Å². The Bertz CT molecular complexity index is 977. The molecule has 1 saturated heterocycles. The van der Waals surface area contributed by atoms with E-state index in [1.54, 1.807) is 35.6 Å². The molecule has 0 saturated carbocycles. The number of aromatic nitrogens is 1. The maximum Gasteiger partial charge on any atom is 0.230 e. The topological polar surface area (TPSA) is 68.7 Å². The summed E-state index contributed by atoms with van der Waals surface area (Å²) in [5, 5.41) is 15.0. The van der Waals surface area contributed by atoms with E-state index >= 15 is 0 Å². The molecule has 2 heterocycles. The molecule has 1 aromatic heterocycles. The molecular weight excluding hydrogens is 396 g/mol. The van der Waals surface area contributed by atoms with E-state index in [4.69, 9.17) is 0 Å². The lowest BCUT2D eigenvalue weighted by molar-refractivity contribution is -0.115. The number of thiazole rings is 1. The minimum absolute atomic E-state index is 0.125. The van der Waals surface area contributed by atoms with Gasteiger partial charge >= 0.3 is 0 Å². The Morgan fingerprint density at radius 2 is 1.77 bits per heavy atom. The molecule has 2 aromatic carbocycles. The summed E-state index contributed by atoms with van der Waals surface area (Å²) >= 11 is 1.55.